The number of fused-ring (bicyclic) bond motifs is 1. The zero-order chi connectivity index (χ0) is 16.3. The van der Waals surface area contributed by atoms with Gasteiger partial charge in [0.2, 0.25) is 0 Å². The summed E-state index contributed by atoms with van der Waals surface area (Å²) in [6, 6.07) is 0. The molecule has 8 heteroatoms. The quantitative estimate of drug-likeness (QED) is 0.550. The lowest BCUT2D eigenvalue weighted by Gasteiger charge is -2.35. The number of esters is 2. The Morgan fingerprint density at radius 1 is 1.18 bits per heavy atom. The molecule has 5 unspecified atom stereocenters. The largest absolute Gasteiger partial charge is 0.465 e. The number of carbonyl (C=O) groups excluding carboxylic acids is 2. The highest BCUT2D eigenvalue weighted by molar-refractivity contribution is 7.87. The molecule has 0 aromatic rings. The summed E-state index contributed by atoms with van der Waals surface area (Å²) in [4.78, 5) is 22.3. The Morgan fingerprint density at radius 2 is 1.77 bits per heavy atom. The molecule has 1 aliphatic heterocycles. The van der Waals surface area contributed by atoms with Crippen LogP contribution in [0, 0.1) is 16.7 Å². The average molecular weight is 332 g/mol. The maximum absolute atomic E-state index is 12.3. The molecule has 3 fully saturated rings. The van der Waals surface area contributed by atoms with E-state index in [1.807, 2.05) is 6.92 Å². The van der Waals surface area contributed by atoms with E-state index in [0.717, 1.165) is 0 Å². The Labute approximate surface area is 129 Å². The van der Waals surface area contributed by atoms with Gasteiger partial charge in [-0.3, -0.25) is 13.8 Å². The second-order valence-electron chi connectivity index (χ2n) is 6.82. The predicted octanol–water partition coefficient (Wildman–Crippen LogP) is 0.626. The van der Waals surface area contributed by atoms with Crippen LogP contribution in [-0.2, 0) is 33.4 Å². The minimum atomic E-state index is -3.68. The summed E-state index contributed by atoms with van der Waals surface area (Å²) in [6.07, 6.45) is 0.379. The third-order valence-electron chi connectivity index (χ3n) is 5.59. The van der Waals surface area contributed by atoms with Gasteiger partial charge in [0, 0.05) is 19.3 Å². The van der Waals surface area contributed by atoms with Gasteiger partial charge in [-0.15, -0.1) is 0 Å². The highest BCUT2D eigenvalue weighted by Crippen LogP contribution is 2.70. The van der Waals surface area contributed by atoms with Gasteiger partial charge in [-0.05, 0) is 18.8 Å². The first kappa shape index (κ1) is 15.7. The van der Waals surface area contributed by atoms with Crippen molar-refractivity contribution in [1.29, 1.82) is 0 Å². The maximum atomic E-state index is 12.3. The van der Waals surface area contributed by atoms with Crippen LogP contribution in [-0.4, -0.2) is 44.9 Å². The molecule has 0 aromatic heterocycles. The minimum absolute atomic E-state index is 0.0308. The molecular weight excluding hydrogens is 312 g/mol. The molecule has 1 heterocycles. The van der Waals surface area contributed by atoms with Crippen LogP contribution in [0.25, 0.3) is 0 Å². The fraction of sp³-hybridized carbons (Fsp3) is 0.857. The van der Waals surface area contributed by atoms with Crippen LogP contribution in [0.4, 0.5) is 0 Å². The molecule has 7 nitrogen and oxygen atoms in total. The smallest absolute Gasteiger partial charge is 0.302 e. The molecule has 124 valence electrons. The monoisotopic (exact) mass is 332 g/mol. The third-order valence-corrected chi connectivity index (χ3v) is 7.40. The Kier molecular flexibility index (Phi) is 3.34. The van der Waals surface area contributed by atoms with Crippen LogP contribution < -0.4 is 0 Å². The molecule has 0 N–H and O–H groups in total. The van der Waals surface area contributed by atoms with E-state index in [-0.39, 0.29) is 25.1 Å². The molecule has 0 amide bonds. The lowest BCUT2D eigenvalue weighted by molar-refractivity contribution is -0.147. The van der Waals surface area contributed by atoms with Gasteiger partial charge in [-0.25, -0.2) is 0 Å². The van der Waals surface area contributed by atoms with Crippen molar-refractivity contribution in [2.45, 2.75) is 45.0 Å². The fourth-order valence-corrected chi connectivity index (χ4v) is 6.77. The van der Waals surface area contributed by atoms with Gasteiger partial charge in [0.1, 0.15) is 6.61 Å². The normalized spacial score (nSPS) is 44.0. The molecular formula is C14H20O7S. The summed E-state index contributed by atoms with van der Waals surface area (Å²) < 4.78 is 40.3. The second-order valence-corrected chi connectivity index (χ2v) is 8.57. The molecule has 0 spiro atoms. The van der Waals surface area contributed by atoms with Gasteiger partial charge < -0.3 is 9.47 Å². The fourth-order valence-electron chi connectivity index (χ4n) is 4.59. The molecule has 2 bridgehead atoms. The van der Waals surface area contributed by atoms with Crippen molar-refractivity contribution >= 4 is 22.1 Å². The van der Waals surface area contributed by atoms with Crippen LogP contribution >= 0.6 is 0 Å². The molecule has 0 aromatic carbocycles. The van der Waals surface area contributed by atoms with Crippen LogP contribution in [0.1, 0.15) is 33.6 Å². The van der Waals surface area contributed by atoms with E-state index >= 15 is 0 Å². The van der Waals surface area contributed by atoms with E-state index < -0.39 is 38.3 Å². The molecule has 3 aliphatic rings. The van der Waals surface area contributed by atoms with E-state index in [9.17, 15) is 18.0 Å². The average Bonchev–Trinajstić information content (AvgIpc) is 2.91. The van der Waals surface area contributed by atoms with Crippen molar-refractivity contribution in [2.75, 3.05) is 13.2 Å². The Morgan fingerprint density at radius 3 is 2.36 bits per heavy atom. The summed E-state index contributed by atoms with van der Waals surface area (Å²) in [5.74, 6) is -0.916. The topological polar surface area (TPSA) is 96.0 Å². The Hall–Kier alpha value is -1.15. The lowest BCUT2D eigenvalue weighted by Crippen LogP contribution is -2.45. The number of hydrogen-bond donors (Lipinski definition) is 0. The first-order valence-corrected chi connectivity index (χ1v) is 8.79. The van der Waals surface area contributed by atoms with Gasteiger partial charge in [0.05, 0.1) is 23.4 Å². The zero-order valence-corrected chi connectivity index (χ0v) is 13.6. The minimum Gasteiger partial charge on any atom is -0.465 e. The summed E-state index contributed by atoms with van der Waals surface area (Å²) >= 11 is 0. The van der Waals surface area contributed by atoms with Crippen molar-refractivity contribution in [3.63, 3.8) is 0 Å². The number of carbonyl (C=O) groups is 2. The van der Waals surface area contributed by atoms with Gasteiger partial charge >= 0.3 is 11.9 Å². The summed E-state index contributed by atoms with van der Waals surface area (Å²) in [5.41, 5.74) is -1.14. The molecule has 5 atom stereocenters. The SMILES string of the molecule is CC(=O)OCC12CC3C(COC(C)=O)(C1)C(OS3(=O)=O)C2C. The molecule has 3 rings (SSSR count). The lowest BCUT2D eigenvalue weighted by atomic mass is 9.73. The Bertz CT molecular complexity index is 627. The molecule has 2 aliphatic carbocycles. The Balaban J connectivity index is 1.94. The predicted molar refractivity (Wildman–Crippen MR) is 74.1 cm³/mol. The summed E-state index contributed by atoms with van der Waals surface area (Å²) in [6.45, 7) is 4.76. The van der Waals surface area contributed by atoms with Gasteiger partial charge in [-0.1, -0.05) is 6.92 Å². The van der Waals surface area contributed by atoms with E-state index in [2.05, 4.69) is 0 Å². The number of ether oxygens (including phenoxy) is 2. The van der Waals surface area contributed by atoms with E-state index in [4.69, 9.17) is 13.7 Å². The van der Waals surface area contributed by atoms with E-state index in [0.29, 0.717) is 12.8 Å². The first-order valence-electron chi connectivity index (χ1n) is 7.32. The van der Waals surface area contributed by atoms with Crippen LogP contribution in [0.2, 0.25) is 0 Å². The van der Waals surface area contributed by atoms with Crippen molar-refractivity contribution in [1.82, 2.24) is 0 Å². The van der Waals surface area contributed by atoms with Gasteiger partial charge in [0.15, 0.2) is 0 Å². The molecule has 1 saturated heterocycles. The zero-order valence-electron chi connectivity index (χ0n) is 12.8. The number of hydrogen-bond acceptors (Lipinski definition) is 7. The first-order chi connectivity index (χ1) is 10.1. The van der Waals surface area contributed by atoms with Crippen molar-refractivity contribution in [2.24, 2.45) is 16.7 Å². The van der Waals surface area contributed by atoms with Crippen LogP contribution in [0.15, 0.2) is 0 Å². The molecule has 0 radical (unpaired) electrons. The van der Waals surface area contributed by atoms with Gasteiger partial charge in [0.25, 0.3) is 10.1 Å². The standard InChI is InChI=1S/C14H20O7S/c1-8-12-14(7-20-10(3)16)5-13(8,6-19-9(2)15)4-11(14)22(17,18)21-12/h8,11-12H,4-7H2,1-3H3. The molecule has 22 heavy (non-hydrogen) atoms. The van der Waals surface area contributed by atoms with Crippen LogP contribution in [0.3, 0.4) is 0 Å². The number of rotatable bonds is 4. The highest BCUT2D eigenvalue weighted by Gasteiger charge is 2.77. The summed E-state index contributed by atoms with van der Waals surface area (Å²) in [5, 5.41) is -0.698. The highest BCUT2D eigenvalue weighted by atomic mass is 32.2. The van der Waals surface area contributed by atoms with E-state index in [1.165, 1.54) is 13.8 Å². The molecule has 2 saturated carbocycles. The van der Waals surface area contributed by atoms with E-state index in [1.54, 1.807) is 0 Å². The second kappa shape index (κ2) is 4.67. The summed E-state index contributed by atoms with van der Waals surface area (Å²) in [7, 11) is -3.68. The van der Waals surface area contributed by atoms with Crippen molar-refractivity contribution in [3.8, 4) is 0 Å². The van der Waals surface area contributed by atoms with Crippen molar-refractivity contribution in [3.05, 3.63) is 0 Å². The van der Waals surface area contributed by atoms with Crippen LogP contribution in [0.5, 0.6) is 0 Å². The van der Waals surface area contributed by atoms with Gasteiger partial charge in [-0.2, -0.15) is 8.42 Å². The maximum Gasteiger partial charge on any atom is 0.302 e. The third kappa shape index (κ3) is 2.00. The van der Waals surface area contributed by atoms with Crippen molar-refractivity contribution < 1.29 is 31.7 Å².